The molecule has 0 amide bonds. The van der Waals surface area contributed by atoms with Crippen LogP contribution in [-0.4, -0.2) is 54.9 Å². The van der Waals surface area contributed by atoms with E-state index in [1.165, 1.54) is 0 Å². The summed E-state index contributed by atoms with van der Waals surface area (Å²) in [5, 5.41) is 19.6. The molecule has 0 spiro atoms. The van der Waals surface area contributed by atoms with Crippen LogP contribution in [0.2, 0.25) is 0 Å². The fourth-order valence-electron chi connectivity index (χ4n) is 1.99. The summed E-state index contributed by atoms with van der Waals surface area (Å²) in [4.78, 5) is 0. The van der Waals surface area contributed by atoms with Gasteiger partial charge in [-0.15, -0.1) is 0 Å². The first-order valence-corrected chi connectivity index (χ1v) is 13.0. The van der Waals surface area contributed by atoms with Gasteiger partial charge in [0.2, 0.25) is 0 Å². The molecule has 0 heterocycles. The van der Waals surface area contributed by atoms with Gasteiger partial charge in [-0.05, 0) is 0 Å². The Morgan fingerprint density at radius 2 is 1.04 bits per heavy atom. The average molecular weight is 448 g/mol. The normalized spacial score (nSPS) is 12.3. The molecule has 0 aliphatic carbocycles. The zero-order valence-corrected chi connectivity index (χ0v) is 15.3. The van der Waals surface area contributed by atoms with Crippen LogP contribution in [0.5, 0.6) is 11.5 Å². The monoisotopic (exact) mass is 448 g/mol. The van der Waals surface area contributed by atoms with Crippen molar-refractivity contribution < 1.29 is 34.1 Å². The summed E-state index contributed by atoms with van der Waals surface area (Å²) >= 11 is -10.3. The average Bonchev–Trinajstić information content (AvgIpc) is 2.41. The Labute approximate surface area is 136 Å². The molecule has 2 aromatic rings. The Balaban J connectivity index is 2.47. The Morgan fingerprint density at radius 1 is 0.696 bits per heavy atom. The van der Waals surface area contributed by atoms with Crippen LogP contribution in [0.15, 0.2) is 36.4 Å². The number of hydrogen-bond donors (Lipinski definition) is 6. The number of aromatic hydroxyl groups is 2. The van der Waals surface area contributed by atoms with E-state index in [4.69, 9.17) is 0 Å². The summed E-state index contributed by atoms with van der Waals surface area (Å²) in [6.45, 7) is 0. The van der Waals surface area contributed by atoms with Crippen LogP contribution in [0.1, 0.15) is 11.1 Å². The van der Waals surface area contributed by atoms with Gasteiger partial charge in [0, 0.05) is 0 Å². The van der Waals surface area contributed by atoms with Crippen molar-refractivity contribution in [3.63, 3.8) is 0 Å². The summed E-state index contributed by atoms with van der Waals surface area (Å²) < 4.78 is 59.0. The number of phenols is 2. The van der Waals surface area contributed by atoms with E-state index in [2.05, 4.69) is 0 Å². The van der Waals surface area contributed by atoms with Crippen molar-refractivity contribution in [2.45, 2.75) is 6.42 Å². The third-order valence-electron chi connectivity index (χ3n) is 3.18. The van der Waals surface area contributed by atoms with E-state index < -0.39 is 28.3 Å². The second kappa shape index (κ2) is 6.24. The molecule has 0 saturated carbocycles. The van der Waals surface area contributed by atoms with Gasteiger partial charge in [-0.1, -0.05) is 0 Å². The molecule has 6 N–H and O–H groups in total. The zero-order valence-electron chi connectivity index (χ0n) is 11.6. The molecule has 0 saturated heterocycles. The molecule has 0 unspecified atom stereocenters. The van der Waals surface area contributed by atoms with Gasteiger partial charge in [-0.3, -0.25) is 0 Å². The number of benzene rings is 2. The predicted octanol–water partition coefficient (Wildman–Crippen LogP) is -2.19. The number of rotatable bonds is 4. The van der Waals surface area contributed by atoms with Gasteiger partial charge >= 0.3 is 137 Å². The van der Waals surface area contributed by atoms with E-state index in [0.717, 1.165) is 36.4 Å². The van der Waals surface area contributed by atoms with E-state index >= 15 is 0 Å². The van der Waals surface area contributed by atoms with Crippen LogP contribution in [0, 0.1) is 0 Å². The van der Waals surface area contributed by atoms with Crippen LogP contribution in [0.25, 0.3) is 0 Å². The minimum absolute atomic E-state index is 0.123. The third kappa shape index (κ3) is 4.32. The third-order valence-corrected chi connectivity index (χ3v) is 7.17. The van der Waals surface area contributed by atoms with E-state index in [1.54, 1.807) is 0 Å². The maximum absolute atomic E-state index is 11.3. The van der Waals surface area contributed by atoms with Gasteiger partial charge in [-0.2, -0.15) is 0 Å². The van der Waals surface area contributed by atoms with Crippen molar-refractivity contribution in [3.05, 3.63) is 47.5 Å². The van der Waals surface area contributed by atoms with Crippen LogP contribution >= 0.6 is 0 Å². The molecule has 124 valence electrons. The minimum atomic E-state index is -5.15. The Morgan fingerprint density at radius 3 is 1.35 bits per heavy atom. The molecule has 0 aliphatic rings. The fourth-order valence-corrected chi connectivity index (χ4v) is 4.48. The molecule has 0 bridgehead atoms. The Hall–Kier alpha value is -1.40. The molecule has 10 heteroatoms. The van der Waals surface area contributed by atoms with Crippen molar-refractivity contribution in [1.29, 1.82) is 0 Å². The van der Waals surface area contributed by atoms with Crippen LogP contribution in [-0.2, 0) is 13.9 Å². The van der Waals surface area contributed by atoms with Crippen molar-refractivity contribution in [1.82, 2.24) is 0 Å². The molecular formula is C13H14As2O8. The van der Waals surface area contributed by atoms with Crippen molar-refractivity contribution >= 4 is 37.0 Å². The number of hydrogen-bond acceptors (Lipinski definition) is 4. The molecule has 2 aromatic carbocycles. The standard InChI is InChI=1S/C13H14As2O8/c16-12-3-1-10(14(18,19)20)6-8(12)5-9-7-11(15(21,22)23)2-4-13(9)17/h1-4,6-7,16-17H,5H2,(H2,18,19,20)(H2,21,22,23). The van der Waals surface area contributed by atoms with Gasteiger partial charge in [-0.25, -0.2) is 0 Å². The van der Waals surface area contributed by atoms with Crippen molar-refractivity contribution in [3.8, 4) is 11.5 Å². The first-order valence-electron chi connectivity index (χ1n) is 6.24. The van der Waals surface area contributed by atoms with E-state index in [1.807, 2.05) is 0 Å². The van der Waals surface area contributed by atoms with E-state index in [-0.39, 0.29) is 37.7 Å². The summed E-state index contributed by atoms with van der Waals surface area (Å²) in [6, 6.07) is 6.69. The zero-order chi connectivity index (χ0) is 17.4. The fraction of sp³-hybridized carbons (Fsp3) is 0.0769. The quantitative estimate of drug-likeness (QED) is 0.289. The van der Waals surface area contributed by atoms with Crippen LogP contribution in [0.3, 0.4) is 0 Å². The number of phenolic OH excluding ortho intramolecular Hbond substituents is 2. The second-order valence-electron chi connectivity index (χ2n) is 4.89. The molecule has 0 fully saturated rings. The van der Waals surface area contributed by atoms with Crippen molar-refractivity contribution in [2.75, 3.05) is 0 Å². The van der Waals surface area contributed by atoms with Crippen molar-refractivity contribution in [2.24, 2.45) is 0 Å². The molecule has 23 heavy (non-hydrogen) atoms. The molecule has 0 aromatic heterocycles. The maximum atomic E-state index is 11.3. The topological polar surface area (TPSA) is 156 Å². The molecule has 0 aliphatic heterocycles. The van der Waals surface area contributed by atoms with Crippen LogP contribution < -0.4 is 8.70 Å². The van der Waals surface area contributed by atoms with Gasteiger partial charge in [0.05, 0.1) is 0 Å². The van der Waals surface area contributed by atoms with Crippen LogP contribution in [0.4, 0.5) is 0 Å². The summed E-state index contributed by atoms with van der Waals surface area (Å²) in [6.07, 6.45) is -0.148. The Kier molecular flexibility index (Phi) is 4.87. The predicted molar refractivity (Wildman–Crippen MR) is 80.0 cm³/mol. The van der Waals surface area contributed by atoms with Gasteiger partial charge in [0.1, 0.15) is 0 Å². The second-order valence-corrected chi connectivity index (χ2v) is 11.6. The molecule has 0 atom stereocenters. The molecular weight excluding hydrogens is 434 g/mol. The van der Waals surface area contributed by atoms with E-state index in [0.29, 0.717) is 0 Å². The first-order chi connectivity index (χ1) is 10.5. The van der Waals surface area contributed by atoms with E-state index in [9.17, 15) is 34.1 Å². The summed E-state index contributed by atoms with van der Waals surface area (Å²) in [7, 11) is 0. The molecule has 2 rings (SSSR count). The Bertz CT molecular complexity index is 766. The molecule has 8 nitrogen and oxygen atoms in total. The SMILES string of the molecule is O=[As](O)(O)c1ccc(O)c(Cc2cc([As](=O)(O)O)ccc2O)c1. The summed E-state index contributed by atoms with van der Waals surface area (Å²) in [5.74, 6) is -0.493. The van der Waals surface area contributed by atoms with Gasteiger partial charge in [0.25, 0.3) is 0 Å². The first kappa shape index (κ1) is 17.9. The van der Waals surface area contributed by atoms with Gasteiger partial charge < -0.3 is 0 Å². The molecule has 0 radical (unpaired) electrons. The van der Waals surface area contributed by atoms with Gasteiger partial charge in [0.15, 0.2) is 0 Å². The summed E-state index contributed by atoms with van der Waals surface area (Å²) in [5.41, 5.74) is 0.246.